The molecule has 2 heterocycles. The Morgan fingerprint density at radius 2 is 2.56 bits per heavy atom. The van der Waals surface area contributed by atoms with Gasteiger partial charge in [-0.25, -0.2) is 4.79 Å². The molecule has 0 aromatic carbocycles. The van der Waals surface area contributed by atoms with Gasteiger partial charge in [0, 0.05) is 12.3 Å². The summed E-state index contributed by atoms with van der Waals surface area (Å²) in [6.45, 7) is 0.313. The van der Waals surface area contributed by atoms with Gasteiger partial charge >= 0.3 is 5.97 Å². The lowest BCUT2D eigenvalue weighted by molar-refractivity contribution is -0.146. The number of carbonyl (C=O) groups excluding carboxylic acids is 2. The van der Waals surface area contributed by atoms with Crippen LogP contribution in [-0.4, -0.2) is 34.4 Å². The van der Waals surface area contributed by atoms with Crippen LogP contribution in [0.5, 0.6) is 0 Å². The molecule has 0 unspecified atom stereocenters. The summed E-state index contributed by atoms with van der Waals surface area (Å²) in [5, 5.41) is 0.110. The maximum absolute atomic E-state index is 11.6. The quantitative estimate of drug-likeness (QED) is 0.433. The molecule has 16 heavy (non-hydrogen) atoms. The Kier molecular flexibility index (Phi) is 3.31. The van der Waals surface area contributed by atoms with E-state index in [0.29, 0.717) is 18.7 Å². The lowest BCUT2D eigenvalue weighted by atomic mass is 10.1. The number of fused-ring (bicyclic) bond motifs is 1. The number of nitrogens with zero attached hydrogens (tertiary/aromatic N) is 1. The summed E-state index contributed by atoms with van der Waals surface area (Å²) >= 11 is 1.65. The first-order chi connectivity index (χ1) is 7.74. The number of carbonyl (C=O) groups is 2. The Hall–Kier alpha value is -1.27. The predicted octanol–water partition coefficient (Wildman–Crippen LogP) is 0.191. The Morgan fingerprint density at radius 3 is 3.25 bits per heavy atom. The van der Waals surface area contributed by atoms with Crippen LogP contribution in [0.1, 0.15) is 6.42 Å². The normalized spacial score (nSPS) is 23.8. The Labute approximate surface area is 97.3 Å². The largest absolute Gasteiger partial charge is 0.430 e. The van der Waals surface area contributed by atoms with E-state index in [9.17, 15) is 9.59 Å². The average molecular weight is 240 g/mol. The molecular formula is C10H12N2O3S. The van der Waals surface area contributed by atoms with E-state index in [-0.39, 0.29) is 11.3 Å². The van der Waals surface area contributed by atoms with E-state index in [4.69, 9.17) is 10.5 Å². The highest BCUT2D eigenvalue weighted by Gasteiger charge is 2.43. The molecule has 2 aliphatic rings. The minimum atomic E-state index is -0.497. The van der Waals surface area contributed by atoms with Gasteiger partial charge in [-0.1, -0.05) is 0 Å². The van der Waals surface area contributed by atoms with E-state index >= 15 is 0 Å². The van der Waals surface area contributed by atoms with Gasteiger partial charge in [0.05, 0.1) is 18.1 Å². The average Bonchev–Trinajstić information content (AvgIpc) is 2.27. The standard InChI is InChI=1S/C10H12N2O3S/c11-3-1-4-15-10(14)7-2-5-16-9-6-8(13)12(7)9/h1-2,4,9H,3,5-6,11H2/t9-/m1/s1. The second-order valence-corrected chi connectivity index (χ2v) is 4.57. The molecule has 0 aliphatic carbocycles. The summed E-state index contributed by atoms with van der Waals surface area (Å²) < 4.78 is 4.85. The van der Waals surface area contributed by atoms with Crippen molar-refractivity contribution in [2.75, 3.05) is 12.3 Å². The van der Waals surface area contributed by atoms with Crippen molar-refractivity contribution in [1.82, 2.24) is 4.90 Å². The third-order valence-electron chi connectivity index (χ3n) is 2.35. The van der Waals surface area contributed by atoms with Crippen molar-refractivity contribution in [2.45, 2.75) is 11.8 Å². The summed E-state index contributed by atoms with van der Waals surface area (Å²) in [4.78, 5) is 24.5. The molecule has 0 aromatic heterocycles. The van der Waals surface area contributed by atoms with E-state index in [2.05, 4.69) is 0 Å². The molecule has 6 heteroatoms. The van der Waals surface area contributed by atoms with Gasteiger partial charge in [-0.3, -0.25) is 9.69 Å². The third-order valence-corrected chi connectivity index (χ3v) is 3.47. The molecule has 1 amide bonds. The van der Waals surface area contributed by atoms with Gasteiger partial charge in [-0.15, -0.1) is 11.8 Å². The van der Waals surface area contributed by atoms with Gasteiger partial charge < -0.3 is 10.5 Å². The number of esters is 1. The minimum Gasteiger partial charge on any atom is -0.430 e. The predicted molar refractivity (Wildman–Crippen MR) is 60.1 cm³/mol. The monoisotopic (exact) mass is 240 g/mol. The van der Waals surface area contributed by atoms with E-state index < -0.39 is 5.97 Å². The Morgan fingerprint density at radius 1 is 1.75 bits per heavy atom. The minimum absolute atomic E-state index is 0.0248. The highest BCUT2D eigenvalue weighted by molar-refractivity contribution is 8.00. The number of β-lactam (4-membered cyclic amide) rings is 1. The van der Waals surface area contributed by atoms with Crippen LogP contribution < -0.4 is 5.73 Å². The number of hydrogen-bond acceptors (Lipinski definition) is 5. The van der Waals surface area contributed by atoms with Crippen molar-refractivity contribution >= 4 is 23.6 Å². The molecule has 0 spiro atoms. The fourth-order valence-electron chi connectivity index (χ4n) is 1.55. The second-order valence-electron chi connectivity index (χ2n) is 3.36. The van der Waals surface area contributed by atoms with Crippen LogP contribution in [0, 0.1) is 0 Å². The fourth-order valence-corrected chi connectivity index (χ4v) is 2.67. The first-order valence-electron chi connectivity index (χ1n) is 4.94. The van der Waals surface area contributed by atoms with Crippen molar-refractivity contribution in [1.29, 1.82) is 0 Å². The third kappa shape index (κ3) is 1.98. The zero-order chi connectivity index (χ0) is 11.5. The van der Waals surface area contributed by atoms with Gasteiger partial charge in [0.2, 0.25) is 5.91 Å². The maximum Gasteiger partial charge on any atom is 0.359 e. The number of ether oxygens (including phenoxy) is 1. The van der Waals surface area contributed by atoms with Crippen LogP contribution in [0.2, 0.25) is 0 Å². The van der Waals surface area contributed by atoms with E-state index in [0.717, 1.165) is 5.75 Å². The molecule has 1 atom stereocenters. The molecular weight excluding hydrogens is 228 g/mol. The number of hydrogen-bond donors (Lipinski definition) is 1. The molecule has 1 fully saturated rings. The summed E-state index contributed by atoms with van der Waals surface area (Å²) in [7, 11) is 0. The van der Waals surface area contributed by atoms with Crippen molar-refractivity contribution < 1.29 is 14.3 Å². The molecule has 0 bridgehead atoms. The molecule has 86 valence electrons. The second kappa shape index (κ2) is 4.71. The lowest BCUT2D eigenvalue weighted by Crippen LogP contribution is -2.53. The van der Waals surface area contributed by atoms with Crippen LogP contribution in [0.3, 0.4) is 0 Å². The lowest BCUT2D eigenvalue weighted by Gasteiger charge is -2.42. The van der Waals surface area contributed by atoms with Crippen molar-refractivity contribution in [2.24, 2.45) is 5.73 Å². The molecule has 1 saturated heterocycles. The number of nitrogens with two attached hydrogens (primary N) is 1. The molecule has 5 nitrogen and oxygen atoms in total. The highest BCUT2D eigenvalue weighted by atomic mass is 32.2. The summed E-state index contributed by atoms with van der Waals surface area (Å²) in [6.07, 6.45) is 5.01. The Bertz CT molecular complexity index is 378. The van der Waals surface area contributed by atoms with Crippen LogP contribution in [0.15, 0.2) is 24.1 Å². The van der Waals surface area contributed by atoms with E-state index in [1.807, 2.05) is 0 Å². The first kappa shape index (κ1) is 11.2. The molecule has 0 aromatic rings. The van der Waals surface area contributed by atoms with Crippen LogP contribution in [0.25, 0.3) is 0 Å². The van der Waals surface area contributed by atoms with Crippen LogP contribution in [0.4, 0.5) is 0 Å². The number of thioether (sulfide) groups is 1. The SMILES string of the molecule is NCC=COC(=O)C1=CCS[C@@H]2CC(=O)N12. The smallest absolute Gasteiger partial charge is 0.359 e. The van der Waals surface area contributed by atoms with Gasteiger partial charge in [0.15, 0.2) is 0 Å². The van der Waals surface area contributed by atoms with Crippen LogP contribution >= 0.6 is 11.8 Å². The molecule has 0 saturated carbocycles. The zero-order valence-electron chi connectivity index (χ0n) is 8.59. The molecule has 2 N–H and O–H groups in total. The van der Waals surface area contributed by atoms with Crippen molar-refractivity contribution in [3.63, 3.8) is 0 Å². The number of rotatable bonds is 3. The van der Waals surface area contributed by atoms with Gasteiger partial charge in [0.25, 0.3) is 0 Å². The summed E-state index contributed by atoms with van der Waals surface area (Å²) in [5.74, 6) is 0.214. The van der Waals surface area contributed by atoms with Crippen LogP contribution in [-0.2, 0) is 14.3 Å². The van der Waals surface area contributed by atoms with Gasteiger partial charge in [-0.05, 0) is 12.2 Å². The van der Waals surface area contributed by atoms with Gasteiger partial charge in [0.1, 0.15) is 5.70 Å². The summed E-state index contributed by atoms with van der Waals surface area (Å²) in [6, 6.07) is 0. The topological polar surface area (TPSA) is 72.6 Å². The highest BCUT2D eigenvalue weighted by Crippen LogP contribution is 2.37. The fraction of sp³-hybridized carbons (Fsp3) is 0.400. The molecule has 2 rings (SSSR count). The van der Waals surface area contributed by atoms with E-state index in [1.54, 1.807) is 17.8 Å². The van der Waals surface area contributed by atoms with Crippen molar-refractivity contribution in [3.05, 3.63) is 24.1 Å². The molecule has 2 aliphatic heterocycles. The summed E-state index contributed by atoms with van der Waals surface area (Å²) in [5.41, 5.74) is 5.56. The zero-order valence-corrected chi connectivity index (χ0v) is 9.40. The maximum atomic E-state index is 11.6. The van der Waals surface area contributed by atoms with E-state index in [1.165, 1.54) is 17.2 Å². The first-order valence-corrected chi connectivity index (χ1v) is 5.99. The molecule has 0 radical (unpaired) electrons. The van der Waals surface area contributed by atoms with Gasteiger partial charge in [-0.2, -0.15) is 0 Å². The Balaban J connectivity index is 2.02. The van der Waals surface area contributed by atoms with Crippen molar-refractivity contribution in [3.8, 4) is 0 Å². The number of amides is 1.